The summed E-state index contributed by atoms with van der Waals surface area (Å²) in [5.41, 5.74) is 2.77. The van der Waals surface area contributed by atoms with Gasteiger partial charge in [0.15, 0.2) is 0 Å². The Hall–Kier alpha value is -0.720. The maximum atomic E-state index is 3.31. The van der Waals surface area contributed by atoms with Crippen LogP contribution in [-0.2, 0) is 0 Å². The van der Waals surface area contributed by atoms with Gasteiger partial charge in [-0.3, -0.25) is 0 Å². The summed E-state index contributed by atoms with van der Waals surface area (Å²) in [6.07, 6.45) is 5.44. The number of rotatable bonds is 1. The molecule has 0 atom stereocenters. The lowest BCUT2D eigenvalue weighted by molar-refractivity contribution is 0.815. The zero-order valence-electron chi connectivity index (χ0n) is 6.07. The summed E-state index contributed by atoms with van der Waals surface area (Å²) < 4.78 is 0. The van der Waals surface area contributed by atoms with Crippen molar-refractivity contribution in [2.24, 2.45) is 0 Å². The monoisotopic (exact) mass is 123 g/mol. The van der Waals surface area contributed by atoms with E-state index in [1.54, 1.807) is 0 Å². The number of hydrogen-bond acceptors (Lipinski definition) is 1. The van der Waals surface area contributed by atoms with Gasteiger partial charge < -0.3 is 5.32 Å². The van der Waals surface area contributed by atoms with Crippen LogP contribution in [0.4, 0.5) is 0 Å². The Bertz CT molecular complexity index is 154. The van der Waals surface area contributed by atoms with Crippen molar-refractivity contribution in [1.82, 2.24) is 5.32 Å². The predicted molar refractivity (Wildman–Crippen MR) is 40.1 cm³/mol. The molecule has 0 spiro atoms. The lowest BCUT2D eigenvalue weighted by atomic mass is 10.1. The van der Waals surface area contributed by atoms with E-state index in [2.05, 4.69) is 31.3 Å². The van der Waals surface area contributed by atoms with Gasteiger partial charge in [-0.25, -0.2) is 0 Å². The average Bonchev–Trinajstić information content (AvgIpc) is 1.89. The number of allylic oxidation sites excluding steroid dienone is 3. The van der Waals surface area contributed by atoms with Crippen molar-refractivity contribution in [3.8, 4) is 0 Å². The average molecular weight is 123 g/mol. The Morgan fingerprint density at radius 3 is 2.89 bits per heavy atom. The first kappa shape index (κ1) is 6.40. The van der Waals surface area contributed by atoms with E-state index in [0.29, 0.717) is 0 Å². The van der Waals surface area contributed by atoms with Crippen molar-refractivity contribution in [3.63, 3.8) is 0 Å². The molecule has 0 aliphatic carbocycles. The maximum absolute atomic E-state index is 3.31. The standard InChI is InChI=1S/C8H13N/c1-3-8-7(2)5-4-6-9-8/h4-5,9H,3,6H2,1-2H3. The van der Waals surface area contributed by atoms with Crippen LogP contribution in [-0.4, -0.2) is 6.54 Å². The molecule has 1 rings (SSSR count). The molecule has 0 unspecified atom stereocenters. The van der Waals surface area contributed by atoms with Crippen LogP contribution in [0.15, 0.2) is 23.4 Å². The SMILES string of the molecule is CCC1=C(C)C=CCN1. The van der Waals surface area contributed by atoms with E-state index in [-0.39, 0.29) is 0 Å². The molecule has 1 aliphatic rings. The van der Waals surface area contributed by atoms with E-state index in [1.165, 1.54) is 11.3 Å². The summed E-state index contributed by atoms with van der Waals surface area (Å²) in [6.45, 7) is 5.31. The number of nitrogens with one attached hydrogen (secondary N) is 1. The van der Waals surface area contributed by atoms with Crippen molar-refractivity contribution >= 4 is 0 Å². The van der Waals surface area contributed by atoms with Gasteiger partial charge >= 0.3 is 0 Å². The zero-order valence-corrected chi connectivity index (χ0v) is 6.07. The Kier molecular flexibility index (Phi) is 1.93. The molecular formula is C8H13N. The van der Waals surface area contributed by atoms with E-state index < -0.39 is 0 Å². The Labute approximate surface area is 56.5 Å². The Morgan fingerprint density at radius 2 is 2.44 bits per heavy atom. The van der Waals surface area contributed by atoms with Crippen LogP contribution in [0.3, 0.4) is 0 Å². The van der Waals surface area contributed by atoms with Gasteiger partial charge in [-0.05, 0) is 18.9 Å². The molecule has 0 saturated carbocycles. The smallest absolute Gasteiger partial charge is 0.0331 e. The third-order valence-corrected chi connectivity index (χ3v) is 1.63. The third kappa shape index (κ3) is 1.35. The fourth-order valence-corrected chi connectivity index (χ4v) is 1.06. The first-order valence-electron chi connectivity index (χ1n) is 3.44. The fourth-order valence-electron chi connectivity index (χ4n) is 1.06. The summed E-state index contributed by atoms with van der Waals surface area (Å²) >= 11 is 0. The molecule has 1 aliphatic heterocycles. The molecule has 9 heavy (non-hydrogen) atoms. The number of dihydropyridines is 1. The molecule has 1 nitrogen and oxygen atoms in total. The van der Waals surface area contributed by atoms with Crippen LogP contribution < -0.4 is 5.32 Å². The highest BCUT2D eigenvalue weighted by Gasteiger charge is 1.98. The van der Waals surface area contributed by atoms with E-state index in [1.807, 2.05) is 0 Å². The molecule has 0 bridgehead atoms. The normalized spacial score (nSPS) is 18.0. The maximum Gasteiger partial charge on any atom is 0.0331 e. The Morgan fingerprint density at radius 1 is 1.67 bits per heavy atom. The van der Waals surface area contributed by atoms with Crippen LogP contribution in [0.25, 0.3) is 0 Å². The van der Waals surface area contributed by atoms with Crippen LogP contribution in [0.2, 0.25) is 0 Å². The van der Waals surface area contributed by atoms with Gasteiger partial charge in [-0.1, -0.05) is 19.1 Å². The van der Waals surface area contributed by atoms with Gasteiger partial charge in [-0.15, -0.1) is 0 Å². The fraction of sp³-hybridized carbons (Fsp3) is 0.500. The van der Waals surface area contributed by atoms with Crippen LogP contribution in [0, 0.1) is 0 Å². The second kappa shape index (κ2) is 2.72. The molecule has 1 heteroatoms. The first-order chi connectivity index (χ1) is 4.34. The molecule has 0 radical (unpaired) electrons. The van der Waals surface area contributed by atoms with Crippen molar-refractivity contribution in [2.75, 3.05) is 6.54 Å². The van der Waals surface area contributed by atoms with Gasteiger partial charge in [-0.2, -0.15) is 0 Å². The summed E-state index contributed by atoms with van der Waals surface area (Å²) in [6, 6.07) is 0. The molecule has 0 aromatic heterocycles. The summed E-state index contributed by atoms with van der Waals surface area (Å²) in [5, 5.41) is 3.31. The van der Waals surface area contributed by atoms with Crippen LogP contribution in [0.5, 0.6) is 0 Å². The Balaban J connectivity index is 2.72. The topological polar surface area (TPSA) is 12.0 Å². The quantitative estimate of drug-likeness (QED) is 0.561. The highest BCUT2D eigenvalue weighted by molar-refractivity contribution is 5.26. The van der Waals surface area contributed by atoms with E-state index in [0.717, 1.165) is 13.0 Å². The second-order valence-corrected chi connectivity index (χ2v) is 2.30. The third-order valence-electron chi connectivity index (χ3n) is 1.63. The van der Waals surface area contributed by atoms with E-state index in [4.69, 9.17) is 0 Å². The van der Waals surface area contributed by atoms with E-state index >= 15 is 0 Å². The molecule has 0 aromatic carbocycles. The molecule has 1 heterocycles. The van der Waals surface area contributed by atoms with Crippen LogP contribution in [0.1, 0.15) is 20.3 Å². The van der Waals surface area contributed by atoms with Crippen LogP contribution >= 0.6 is 0 Å². The second-order valence-electron chi connectivity index (χ2n) is 2.30. The van der Waals surface area contributed by atoms with E-state index in [9.17, 15) is 0 Å². The lowest BCUT2D eigenvalue weighted by Gasteiger charge is -2.13. The van der Waals surface area contributed by atoms with Gasteiger partial charge in [0.05, 0.1) is 0 Å². The van der Waals surface area contributed by atoms with Gasteiger partial charge in [0.25, 0.3) is 0 Å². The van der Waals surface area contributed by atoms with Gasteiger partial charge in [0.1, 0.15) is 0 Å². The highest BCUT2D eigenvalue weighted by atomic mass is 14.9. The number of hydrogen-bond donors (Lipinski definition) is 1. The molecule has 0 fully saturated rings. The van der Waals surface area contributed by atoms with Crippen molar-refractivity contribution in [1.29, 1.82) is 0 Å². The summed E-state index contributed by atoms with van der Waals surface area (Å²) in [7, 11) is 0. The molecule has 0 aromatic rings. The molecular weight excluding hydrogens is 110 g/mol. The van der Waals surface area contributed by atoms with Crippen molar-refractivity contribution in [2.45, 2.75) is 20.3 Å². The van der Waals surface area contributed by atoms with Gasteiger partial charge in [0, 0.05) is 12.2 Å². The molecule has 1 N–H and O–H groups in total. The largest absolute Gasteiger partial charge is 0.385 e. The van der Waals surface area contributed by atoms with Crippen molar-refractivity contribution in [3.05, 3.63) is 23.4 Å². The molecule has 50 valence electrons. The first-order valence-corrected chi connectivity index (χ1v) is 3.44. The minimum Gasteiger partial charge on any atom is -0.385 e. The lowest BCUT2D eigenvalue weighted by Crippen LogP contribution is -2.16. The summed E-state index contributed by atoms with van der Waals surface area (Å²) in [4.78, 5) is 0. The molecule has 0 amide bonds. The minimum atomic E-state index is 1.00. The predicted octanol–water partition coefficient (Wildman–Crippen LogP) is 1.83. The summed E-state index contributed by atoms with van der Waals surface area (Å²) in [5.74, 6) is 0. The van der Waals surface area contributed by atoms with Crippen molar-refractivity contribution < 1.29 is 0 Å². The minimum absolute atomic E-state index is 1.00. The highest BCUT2D eigenvalue weighted by Crippen LogP contribution is 2.08. The zero-order chi connectivity index (χ0) is 6.69. The van der Waals surface area contributed by atoms with Gasteiger partial charge in [0.2, 0.25) is 0 Å². The molecule has 0 saturated heterocycles.